The Hall–Kier alpha value is -0.0800. The van der Waals surface area contributed by atoms with Gasteiger partial charge in [0.2, 0.25) is 0 Å². The Labute approximate surface area is 94.4 Å². The molecule has 2 atom stereocenters. The van der Waals surface area contributed by atoms with E-state index < -0.39 is 0 Å². The molecule has 0 amide bonds. The molecule has 2 fully saturated rings. The summed E-state index contributed by atoms with van der Waals surface area (Å²) >= 11 is 0. The Morgan fingerprint density at radius 1 is 1.33 bits per heavy atom. The molecule has 0 aromatic heterocycles. The molecule has 0 bridgehead atoms. The zero-order valence-corrected chi connectivity index (χ0v) is 10.3. The molecule has 15 heavy (non-hydrogen) atoms. The van der Waals surface area contributed by atoms with Crippen molar-refractivity contribution < 1.29 is 0 Å². The Kier molecular flexibility index (Phi) is 4.04. The van der Waals surface area contributed by atoms with E-state index in [0.717, 1.165) is 18.0 Å². The van der Waals surface area contributed by atoms with Gasteiger partial charge in [0.05, 0.1) is 0 Å². The van der Waals surface area contributed by atoms with Gasteiger partial charge in [-0.25, -0.2) is 0 Å². The predicted octanol–water partition coefficient (Wildman–Crippen LogP) is 2.25. The van der Waals surface area contributed by atoms with Gasteiger partial charge in [-0.05, 0) is 45.1 Å². The Bertz CT molecular complexity index is 189. The Balaban J connectivity index is 1.70. The summed E-state index contributed by atoms with van der Waals surface area (Å²) in [5.41, 5.74) is 0. The maximum absolute atomic E-state index is 3.64. The summed E-state index contributed by atoms with van der Waals surface area (Å²) in [5.74, 6) is 0.960. The summed E-state index contributed by atoms with van der Waals surface area (Å²) in [6, 6.07) is 1.60. The highest BCUT2D eigenvalue weighted by Crippen LogP contribution is 2.22. The van der Waals surface area contributed by atoms with E-state index in [9.17, 15) is 0 Å². The maximum atomic E-state index is 3.64. The van der Waals surface area contributed by atoms with Crippen LogP contribution in [0.1, 0.15) is 46.0 Å². The van der Waals surface area contributed by atoms with Crippen molar-refractivity contribution in [3.63, 3.8) is 0 Å². The molecule has 1 aliphatic heterocycles. The number of likely N-dealkylation sites (tertiary alicyclic amines) is 1. The quantitative estimate of drug-likeness (QED) is 0.749. The SMILES string of the molecule is CCC1CCCN(C(C)CNC2CC2)C1. The number of rotatable bonds is 5. The molecule has 0 aromatic rings. The van der Waals surface area contributed by atoms with Crippen LogP contribution in [0.3, 0.4) is 0 Å². The molecular formula is C13H26N2. The van der Waals surface area contributed by atoms with E-state index in [4.69, 9.17) is 0 Å². The fourth-order valence-electron chi connectivity index (χ4n) is 2.58. The summed E-state index contributed by atoms with van der Waals surface area (Å²) in [6.07, 6.45) is 7.04. The van der Waals surface area contributed by atoms with Crippen molar-refractivity contribution in [1.82, 2.24) is 10.2 Å². The summed E-state index contributed by atoms with van der Waals surface area (Å²) < 4.78 is 0. The van der Waals surface area contributed by atoms with Crippen LogP contribution in [0.15, 0.2) is 0 Å². The van der Waals surface area contributed by atoms with Gasteiger partial charge in [-0.2, -0.15) is 0 Å². The highest BCUT2D eigenvalue weighted by molar-refractivity contribution is 4.84. The fraction of sp³-hybridized carbons (Fsp3) is 1.00. The lowest BCUT2D eigenvalue weighted by atomic mass is 9.95. The van der Waals surface area contributed by atoms with Crippen LogP contribution in [-0.4, -0.2) is 36.6 Å². The minimum atomic E-state index is 0.736. The number of hydrogen-bond donors (Lipinski definition) is 1. The molecule has 1 saturated carbocycles. The third-order valence-electron chi connectivity index (χ3n) is 4.03. The van der Waals surface area contributed by atoms with Crippen molar-refractivity contribution in [3.05, 3.63) is 0 Å². The highest BCUT2D eigenvalue weighted by Gasteiger charge is 2.25. The summed E-state index contributed by atoms with van der Waals surface area (Å²) in [5, 5.41) is 3.64. The van der Waals surface area contributed by atoms with Crippen LogP contribution in [-0.2, 0) is 0 Å². The van der Waals surface area contributed by atoms with Crippen molar-refractivity contribution in [2.24, 2.45) is 5.92 Å². The van der Waals surface area contributed by atoms with Crippen LogP contribution in [0.25, 0.3) is 0 Å². The zero-order valence-electron chi connectivity index (χ0n) is 10.3. The van der Waals surface area contributed by atoms with Gasteiger partial charge in [0.15, 0.2) is 0 Å². The lowest BCUT2D eigenvalue weighted by Crippen LogP contribution is -2.46. The largest absolute Gasteiger partial charge is 0.312 e. The third-order valence-corrected chi connectivity index (χ3v) is 4.03. The molecule has 2 unspecified atom stereocenters. The number of nitrogens with one attached hydrogen (secondary N) is 1. The minimum absolute atomic E-state index is 0.736. The van der Waals surface area contributed by atoms with Gasteiger partial charge in [0.25, 0.3) is 0 Å². The first-order valence-corrected chi connectivity index (χ1v) is 6.77. The van der Waals surface area contributed by atoms with Crippen molar-refractivity contribution in [2.75, 3.05) is 19.6 Å². The minimum Gasteiger partial charge on any atom is -0.312 e. The predicted molar refractivity (Wildman–Crippen MR) is 65.1 cm³/mol. The first-order chi connectivity index (χ1) is 7.29. The molecule has 1 heterocycles. The zero-order chi connectivity index (χ0) is 10.7. The molecule has 0 radical (unpaired) electrons. The molecule has 0 aromatic carbocycles. The van der Waals surface area contributed by atoms with Gasteiger partial charge in [-0.1, -0.05) is 13.3 Å². The molecule has 1 N–H and O–H groups in total. The van der Waals surface area contributed by atoms with Crippen LogP contribution in [0.4, 0.5) is 0 Å². The first kappa shape index (κ1) is 11.4. The first-order valence-electron chi connectivity index (χ1n) is 6.77. The lowest BCUT2D eigenvalue weighted by Gasteiger charge is -2.36. The van der Waals surface area contributed by atoms with Crippen molar-refractivity contribution in [2.45, 2.75) is 58.0 Å². The lowest BCUT2D eigenvalue weighted by molar-refractivity contribution is 0.127. The van der Waals surface area contributed by atoms with Gasteiger partial charge < -0.3 is 5.32 Å². The molecule has 1 saturated heterocycles. The fourth-order valence-corrected chi connectivity index (χ4v) is 2.58. The molecule has 1 aliphatic carbocycles. The van der Waals surface area contributed by atoms with E-state index in [2.05, 4.69) is 24.1 Å². The van der Waals surface area contributed by atoms with Crippen molar-refractivity contribution in [3.8, 4) is 0 Å². The molecule has 2 heteroatoms. The number of piperidine rings is 1. The summed E-state index contributed by atoms with van der Waals surface area (Å²) in [4.78, 5) is 2.69. The van der Waals surface area contributed by atoms with E-state index in [1.165, 1.54) is 51.7 Å². The standard InChI is InChI=1S/C13H26N2/c1-3-12-5-4-8-15(10-12)11(2)9-14-13-6-7-13/h11-14H,3-10H2,1-2H3. The van der Waals surface area contributed by atoms with Crippen molar-refractivity contribution >= 4 is 0 Å². The van der Waals surface area contributed by atoms with Crippen LogP contribution in [0, 0.1) is 5.92 Å². The second kappa shape index (κ2) is 5.31. The van der Waals surface area contributed by atoms with Gasteiger partial charge >= 0.3 is 0 Å². The van der Waals surface area contributed by atoms with Crippen LogP contribution in [0.5, 0.6) is 0 Å². The monoisotopic (exact) mass is 210 g/mol. The molecule has 2 nitrogen and oxygen atoms in total. The molecule has 2 rings (SSSR count). The van der Waals surface area contributed by atoms with Crippen molar-refractivity contribution in [1.29, 1.82) is 0 Å². The van der Waals surface area contributed by atoms with Gasteiger partial charge in [0.1, 0.15) is 0 Å². The van der Waals surface area contributed by atoms with Gasteiger partial charge in [0, 0.05) is 25.2 Å². The highest BCUT2D eigenvalue weighted by atomic mass is 15.2. The topological polar surface area (TPSA) is 15.3 Å². The van der Waals surface area contributed by atoms with Crippen LogP contribution >= 0.6 is 0 Å². The van der Waals surface area contributed by atoms with Gasteiger partial charge in [-0.15, -0.1) is 0 Å². The summed E-state index contributed by atoms with van der Waals surface area (Å²) in [7, 11) is 0. The maximum Gasteiger partial charge on any atom is 0.0192 e. The second-order valence-corrected chi connectivity index (χ2v) is 5.44. The van der Waals surface area contributed by atoms with Gasteiger partial charge in [-0.3, -0.25) is 4.90 Å². The van der Waals surface area contributed by atoms with E-state index in [1.807, 2.05) is 0 Å². The average molecular weight is 210 g/mol. The Morgan fingerprint density at radius 2 is 2.13 bits per heavy atom. The average Bonchev–Trinajstić information content (AvgIpc) is 3.10. The van der Waals surface area contributed by atoms with E-state index in [0.29, 0.717) is 0 Å². The van der Waals surface area contributed by atoms with E-state index in [-0.39, 0.29) is 0 Å². The van der Waals surface area contributed by atoms with Crippen LogP contribution in [0.2, 0.25) is 0 Å². The van der Waals surface area contributed by atoms with Crippen LogP contribution < -0.4 is 5.32 Å². The summed E-state index contributed by atoms with van der Waals surface area (Å²) in [6.45, 7) is 8.57. The second-order valence-electron chi connectivity index (χ2n) is 5.44. The Morgan fingerprint density at radius 3 is 2.80 bits per heavy atom. The molecule has 0 spiro atoms. The third kappa shape index (κ3) is 3.46. The number of nitrogens with zero attached hydrogens (tertiary/aromatic N) is 1. The van der Waals surface area contributed by atoms with E-state index >= 15 is 0 Å². The normalized spacial score (nSPS) is 30.4. The molecule has 88 valence electrons. The number of hydrogen-bond acceptors (Lipinski definition) is 2. The molecular weight excluding hydrogens is 184 g/mol. The smallest absolute Gasteiger partial charge is 0.0192 e. The molecule has 2 aliphatic rings. The van der Waals surface area contributed by atoms with E-state index in [1.54, 1.807) is 0 Å².